The molecule has 1 aliphatic rings. The zero-order chi connectivity index (χ0) is 18.6. The van der Waals surface area contributed by atoms with Crippen LogP contribution in [0.2, 0.25) is 0 Å². The van der Waals surface area contributed by atoms with Crippen molar-refractivity contribution in [1.82, 2.24) is 4.90 Å². The number of rotatable bonds is 4. The van der Waals surface area contributed by atoms with E-state index < -0.39 is 0 Å². The van der Waals surface area contributed by atoms with Gasteiger partial charge in [-0.1, -0.05) is 46.3 Å². The Morgan fingerprint density at radius 2 is 1.74 bits per heavy atom. The highest BCUT2D eigenvalue weighted by Crippen LogP contribution is 2.30. The maximum atomic E-state index is 12.6. The van der Waals surface area contributed by atoms with Crippen LogP contribution < -0.4 is 4.74 Å². The first-order valence-corrected chi connectivity index (χ1v) is 9.78. The average molecular weight is 426 g/mol. The first-order valence-electron chi connectivity index (χ1n) is 8.99. The zero-order valence-corrected chi connectivity index (χ0v) is 16.4. The lowest BCUT2D eigenvalue weighted by Gasteiger charge is -2.27. The van der Waals surface area contributed by atoms with Crippen molar-refractivity contribution in [2.75, 3.05) is 26.3 Å². The molecule has 0 radical (unpaired) electrons. The topological polar surface area (TPSA) is 38.8 Å². The second kappa shape index (κ2) is 8.21. The van der Waals surface area contributed by atoms with Crippen molar-refractivity contribution in [1.29, 1.82) is 0 Å². The van der Waals surface area contributed by atoms with E-state index in [-0.39, 0.29) is 5.97 Å². The lowest BCUT2D eigenvalue weighted by atomic mass is 10.0. The summed E-state index contributed by atoms with van der Waals surface area (Å²) in [6.45, 7) is 3.96. The maximum absolute atomic E-state index is 12.6. The van der Waals surface area contributed by atoms with Gasteiger partial charge in [-0.05, 0) is 41.1 Å². The van der Waals surface area contributed by atoms with Crippen LogP contribution in [0.5, 0.6) is 5.75 Å². The Kier molecular flexibility index (Phi) is 5.53. The van der Waals surface area contributed by atoms with Gasteiger partial charge >= 0.3 is 5.97 Å². The lowest BCUT2D eigenvalue weighted by Crippen LogP contribution is -2.35. The SMILES string of the molecule is O=C(Oc1ccc2ccccc2c1CN1CCOCC1)c1ccc(Br)cc1. The molecule has 0 unspecified atom stereocenters. The summed E-state index contributed by atoms with van der Waals surface area (Å²) in [6, 6.07) is 19.3. The number of carbonyl (C=O) groups excluding carboxylic acids is 1. The summed E-state index contributed by atoms with van der Waals surface area (Å²) >= 11 is 3.39. The molecule has 3 aromatic carbocycles. The normalized spacial score (nSPS) is 15.0. The molecule has 1 heterocycles. The summed E-state index contributed by atoms with van der Waals surface area (Å²) < 4.78 is 12.2. The highest BCUT2D eigenvalue weighted by atomic mass is 79.9. The Balaban J connectivity index is 1.67. The van der Waals surface area contributed by atoms with Crippen molar-refractivity contribution in [2.45, 2.75) is 6.54 Å². The van der Waals surface area contributed by atoms with E-state index in [2.05, 4.69) is 33.0 Å². The third-order valence-corrected chi connectivity index (χ3v) is 5.29. The standard InChI is InChI=1S/C22H20BrNO3/c23-18-8-5-17(6-9-18)22(25)27-21-10-7-16-3-1-2-4-19(16)20(21)15-24-11-13-26-14-12-24/h1-10H,11-15H2. The Morgan fingerprint density at radius 1 is 1.00 bits per heavy atom. The predicted molar refractivity (Wildman–Crippen MR) is 109 cm³/mol. The number of ether oxygens (including phenoxy) is 2. The highest BCUT2D eigenvalue weighted by Gasteiger charge is 2.18. The van der Waals surface area contributed by atoms with E-state index in [1.165, 1.54) is 0 Å². The molecule has 0 saturated carbocycles. The number of hydrogen-bond donors (Lipinski definition) is 0. The van der Waals surface area contributed by atoms with Crippen LogP contribution in [0.3, 0.4) is 0 Å². The number of halogens is 1. The van der Waals surface area contributed by atoms with Gasteiger partial charge in [-0.2, -0.15) is 0 Å². The predicted octanol–water partition coefficient (Wildman–Crippen LogP) is 4.65. The molecule has 1 fully saturated rings. The molecule has 1 aliphatic heterocycles. The third kappa shape index (κ3) is 4.21. The molecular formula is C22H20BrNO3. The molecule has 4 nitrogen and oxygen atoms in total. The zero-order valence-electron chi connectivity index (χ0n) is 14.9. The lowest BCUT2D eigenvalue weighted by molar-refractivity contribution is 0.0339. The molecule has 3 aromatic rings. The van der Waals surface area contributed by atoms with Gasteiger partial charge < -0.3 is 9.47 Å². The van der Waals surface area contributed by atoms with Gasteiger partial charge in [-0.15, -0.1) is 0 Å². The molecule has 0 aliphatic carbocycles. The van der Waals surface area contributed by atoms with E-state index in [1.807, 2.05) is 36.4 Å². The van der Waals surface area contributed by atoms with E-state index in [9.17, 15) is 4.79 Å². The van der Waals surface area contributed by atoms with Gasteiger partial charge in [0.25, 0.3) is 0 Å². The van der Waals surface area contributed by atoms with Crippen molar-refractivity contribution >= 4 is 32.7 Å². The number of esters is 1. The molecule has 0 aromatic heterocycles. The number of benzene rings is 3. The van der Waals surface area contributed by atoms with Gasteiger partial charge in [0.2, 0.25) is 0 Å². The molecule has 0 spiro atoms. The highest BCUT2D eigenvalue weighted by molar-refractivity contribution is 9.10. The Morgan fingerprint density at radius 3 is 2.52 bits per heavy atom. The van der Waals surface area contributed by atoms with Crippen LogP contribution in [-0.2, 0) is 11.3 Å². The smallest absolute Gasteiger partial charge is 0.343 e. The number of carbonyl (C=O) groups is 1. The minimum atomic E-state index is -0.346. The van der Waals surface area contributed by atoms with E-state index in [4.69, 9.17) is 9.47 Å². The van der Waals surface area contributed by atoms with E-state index in [0.29, 0.717) is 11.3 Å². The Hall–Kier alpha value is -2.21. The number of morpholine rings is 1. The van der Waals surface area contributed by atoms with Gasteiger partial charge in [0, 0.05) is 29.7 Å². The molecule has 0 atom stereocenters. The largest absolute Gasteiger partial charge is 0.423 e. The van der Waals surface area contributed by atoms with Crippen molar-refractivity contribution in [2.24, 2.45) is 0 Å². The van der Waals surface area contributed by atoms with Gasteiger partial charge in [0.05, 0.1) is 18.8 Å². The van der Waals surface area contributed by atoms with E-state index >= 15 is 0 Å². The van der Waals surface area contributed by atoms with Crippen LogP contribution in [0.15, 0.2) is 65.1 Å². The summed E-state index contributed by atoms with van der Waals surface area (Å²) in [6.07, 6.45) is 0. The van der Waals surface area contributed by atoms with Crippen molar-refractivity contribution in [3.05, 3.63) is 76.3 Å². The number of hydrogen-bond acceptors (Lipinski definition) is 4. The summed E-state index contributed by atoms with van der Waals surface area (Å²) in [4.78, 5) is 15.0. The fourth-order valence-electron chi connectivity index (χ4n) is 3.30. The van der Waals surface area contributed by atoms with Crippen LogP contribution in [0.25, 0.3) is 10.8 Å². The number of nitrogens with zero attached hydrogens (tertiary/aromatic N) is 1. The fraction of sp³-hybridized carbons (Fsp3) is 0.227. The first-order chi connectivity index (χ1) is 13.2. The summed E-state index contributed by atoms with van der Waals surface area (Å²) in [5.41, 5.74) is 1.57. The quantitative estimate of drug-likeness (QED) is 0.450. The fourth-order valence-corrected chi connectivity index (χ4v) is 3.57. The first kappa shape index (κ1) is 18.2. The third-order valence-electron chi connectivity index (χ3n) is 4.77. The monoisotopic (exact) mass is 425 g/mol. The molecule has 4 rings (SSSR count). The van der Waals surface area contributed by atoms with Crippen LogP contribution in [0.4, 0.5) is 0 Å². The molecule has 0 N–H and O–H groups in total. The summed E-state index contributed by atoms with van der Waals surface area (Å²) in [7, 11) is 0. The molecule has 0 bridgehead atoms. The number of fused-ring (bicyclic) bond motifs is 1. The molecule has 1 saturated heterocycles. The minimum Gasteiger partial charge on any atom is -0.423 e. The van der Waals surface area contributed by atoms with Crippen molar-refractivity contribution < 1.29 is 14.3 Å². The second-order valence-electron chi connectivity index (χ2n) is 6.55. The minimum absolute atomic E-state index is 0.346. The Bertz CT molecular complexity index is 949. The molecule has 0 amide bonds. The summed E-state index contributed by atoms with van der Waals surface area (Å²) in [5, 5.41) is 2.26. The molecular weight excluding hydrogens is 406 g/mol. The van der Waals surface area contributed by atoms with Crippen molar-refractivity contribution in [3.8, 4) is 5.75 Å². The molecule has 27 heavy (non-hydrogen) atoms. The van der Waals surface area contributed by atoms with Gasteiger partial charge in [-0.25, -0.2) is 4.79 Å². The van der Waals surface area contributed by atoms with Gasteiger partial charge in [0.15, 0.2) is 0 Å². The van der Waals surface area contributed by atoms with Crippen molar-refractivity contribution in [3.63, 3.8) is 0 Å². The maximum Gasteiger partial charge on any atom is 0.343 e. The molecule has 138 valence electrons. The average Bonchev–Trinajstić information content (AvgIpc) is 2.71. The summed E-state index contributed by atoms with van der Waals surface area (Å²) in [5.74, 6) is 0.272. The van der Waals surface area contributed by atoms with Gasteiger partial charge in [0.1, 0.15) is 5.75 Å². The van der Waals surface area contributed by atoms with E-state index in [0.717, 1.165) is 53.7 Å². The Labute approximate surface area is 166 Å². The van der Waals surface area contributed by atoms with Crippen LogP contribution >= 0.6 is 15.9 Å². The van der Waals surface area contributed by atoms with E-state index in [1.54, 1.807) is 12.1 Å². The van der Waals surface area contributed by atoms with Crippen LogP contribution in [-0.4, -0.2) is 37.2 Å². The van der Waals surface area contributed by atoms with Crippen LogP contribution in [0, 0.1) is 0 Å². The second-order valence-corrected chi connectivity index (χ2v) is 7.46. The molecule has 5 heteroatoms. The van der Waals surface area contributed by atoms with Crippen LogP contribution in [0.1, 0.15) is 15.9 Å². The van der Waals surface area contributed by atoms with Gasteiger partial charge in [-0.3, -0.25) is 4.90 Å².